The molecule has 0 saturated heterocycles. The monoisotopic (exact) mass is 248 g/mol. The number of primary amides is 1. The van der Waals surface area contributed by atoms with E-state index in [1.807, 2.05) is 50.2 Å². The average molecular weight is 248 g/mol. The molecule has 0 fully saturated rings. The van der Waals surface area contributed by atoms with Gasteiger partial charge in [-0.05, 0) is 32.1 Å². The van der Waals surface area contributed by atoms with Gasteiger partial charge in [0.15, 0.2) is 0 Å². The molecule has 1 aromatic rings. The third kappa shape index (κ3) is 3.80. The van der Waals surface area contributed by atoms with Gasteiger partial charge < -0.3 is 15.4 Å². The van der Waals surface area contributed by atoms with Crippen LogP contribution in [0.1, 0.15) is 13.8 Å². The first-order valence-electron chi connectivity index (χ1n) is 5.83. The smallest absolute Gasteiger partial charge is 0.244 e. The lowest BCUT2D eigenvalue weighted by Gasteiger charge is -2.19. The van der Waals surface area contributed by atoms with E-state index in [1.54, 1.807) is 13.0 Å². The van der Waals surface area contributed by atoms with Crippen molar-refractivity contribution < 1.29 is 9.53 Å². The molecule has 0 aromatic heterocycles. The minimum Gasteiger partial charge on any atom is -0.484 e. The molecule has 0 heterocycles. The maximum absolute atomic E-state index is 11.0. The van der Waals surface area contributed by atoms with Crippen molar-refractivity contribution in [2.24, 2.45) is 5.73 Å². The molecule has 1 amide bonds. The highest BCUT2D eigenvalue weighted by atomic mass is 16.5. The lowest BCUT2D eigenvalue weighted by Crippen LogP contribution is -2.17. The molecule has 1 unspecified atom stereocenters. The Kier molecular flexibility index (Phi) is 4.77. The Labute approximate surface area is 108 Å². The number of carbonyl (C=O) groups is 1. The number of hydrogen-bond acceptors (Lipinski definition) is 3. The summed E-state index contributed by atoms with van der Waals surface area (Å²) in [5.41, 5.74) is 6.68. The van der Waals surface area contributed by atoms with E-state index in [1.165, 1.54) is 0 Å². The van der Waals surface area contributed by atoms with Crippen LogP contribution in [-0.4, -0.2) is 26.1 Å². The van der Waals surface area contributed by atoms with Crippen molar-refractivity contribution in [2.75, 3.05) is 19.0 Å². The maximum Gasteiger partial charge on any atom is 0.244 e. The van der Waals surface area contributed by atoms with Crippen molar-refractivity contribution >= 4 is 11.6 Å². The Hall–Kier alpha value is -1.97. The second-order valence-electron chi connectivity index (χ2n) is 4.40. The van der Waals surface area contributed by atoms with Gasteiger partial charge in [-0.1, -0.05) is 12.1 Å². The molecule has 2 N–H and O–H groups in total. The first kappa shape index (κ1) is 14.1. The van der Waals surface area contributed by atoms with Gasteiger partial charge in [0.25, 0.3) is 0 Å². The zero-order valence-corrected chi connectivity index (χ0v) is 11.3. The van der Waals surface area contributed by atoms with Crippen LogP contribution < -0.4 is 15.4 Å². The number of hydrogen-bond donors (Lipinski definition) is 1. The van der Waals surface area contributed by atoms with Crippen LogP contribution in [0.2, 0.25) is 0 Å². The van der Waals surface area contributed by atoms with Crippen LogP contribution in [0.3, 0.4) is 0 Å². The number of ether oxygens (including phenoxy) is 1. The number of nitrogens with two attached hydrogens (primary N) is 1. The minimum atomic E-state index is -0.425. The third-order valence-electron chi connectivity index (χ3n) is 2.53. The van der Waals surface area contributed by atoms with Gasteiger partial charge in [0.05, 0.1) is 5.69 Å². The van der Waals surface area contributed by atoms with Gasteiger partial charge >= 0.3 is 0 Å². The fourth-order valence-electron chi connectivity index (χ4n) is 1.59. The van der Waals surface area contributed by atoms with Gasteiger partial charge in [-0.25, -0.2) is 0 Å². The summed E-state index contributed by atoms with van der Waals surface area (Å²) in [7, 11) is 3.91. The number of carbonyl (C=O) groups excluding carboxylic acids is 1. The quantitative estimate of drug-likeness (QED) is 0.810. The molecule has 0 aliphatic carbocycles. The maximum atomic E-state index is 11.0. The second-order valence-corrected chi connectivity index (χ2v) is 4.40. The highest BCUT2D eigenvalue weighted by molar-refractivity contribution is 5.91. The third-order valence-corrected chi connectivity index (χ3v) is 2.53. The van der Waals surface area contributed by atoms with Gasteiger partial charge in [0.1, 0.15) is 11.9 Å². The van der Waals surface area contributed by atoms with E-state index in [0.29, 0.717) is 5.57 Å². The van der Waals surface area contributed by atoms with E-state index in [4.69, 9.17) is 10.5 Å². The molecule has 98 valence electrons. The molecule has 1 aromatic carbocycles. The number of rotatable bonds is 5. The number of nitrogens with zero attached hydrogens (tertiary/aromatic N) is 1. The largest absolute Gasteiger partial charge is 0.484 e. The van der Waals surface area contributed by atoms with Crippen molar-refractivity contribution in [3.63, 3.8) is 0 Å². The minimum absolute atomic E-state index is 0.210. The predicted octanol–water partition coefficient (Wildman–Crippen LogP) is 1.95. The Bertz CT molecular complexity index is 453. The van der Waals surface area contributed by atoms with Crippen molar-refractivity contribution in [2.45, 2.75) is 20.0 Å². The summed E-state index contributed by atoms with van der Waals surface area (Å²) in [6.45, 7) is 3.55. The van der Waals surface area contributed by atoms with Gasteiger partial charge in [-0.2, -0.15) is 0 Å². The van der Waals surface area contributed by atoms with Crippen LogP contribution >= 0.6 is 0 Å². The van der Waals surface area contributed by atoms with E-state index >= 15 is 0 Å². The van der Waals surface area contributed by atoms with Gasteiger partial charge in [0, 0.05) is 19.7 Å². The van der Waals surface area contributed by atoms with Crippen LogP contribution in [0.25, 0.3) is 0 Å². The second kappa shape index (κ2) is 6.10. The van der Waals surface area contributed by atoms with Gasteiger partial charge in [-0.3, -0.25) is 4.79 Å². The fourth-order valence-corrected chi connectivity index (χ4v) is 1.59. The Morgan fingerprint density at radius 1 is 1.39 bits per heavy atom. The van der Waals surface area contributed by atoms with Crippen LogP contribution in [0.5, 0.6) is 5.75 Å². The average Bonchev–Trinajstić information content (AvgIpc) is 2.28. The summed E-state index contributed by atoms with van der Waals surface area (Å²) in [5.74, 6) is 0.356. The summed E-state index contributed by atoms with van der Waals surface area (Å²) in [5, 5.41) is 0. The highest BCUT2D eigenvalue weighted by Crippen LogP contribution is 2.27. The Balaban J connectivity index is 2.85. The van der Waals surface area contributed by atoms with Crippen molar-refractivity contribution in [3.8, 4) is 5.75 Å². The molecule has 0 bridgehead atoms. The lowest BCUT2D eigenvalue weighted by molar-refractivity contribution is -0.114. The zero-order valence-electron chi connectivity index (χ0n) is 11.3. The van der Waals surface area contributed by atoms with E-state index < -0.39 is 5.91 Å². The highest BCUT2D eigenvalue weighted by Gasteiger charge is 2.08. The summed E-state index contributed by atoms with van der Waals surface area (Å²) in [6.07, 6.45) is 1.51. The molecule has 0 aliphatic heterocycles. The van der Waals surface area contributed by atoms with E-state index in [-0.39, 0.29) is 6.10 Å². The van der Waals surface area contributed by atoms with Crippen molar-refractivity contribution in [1.82, 2.24) is 0 Å². The van der Waals surface area contributed by atoms with Gasteiger partial charge in [-0.15, -0.1) is 0 Å². The lowest BCUT2D eigenvalue weighted by atomic mass is 10.2. The first-order chi connectivity index (χ1) is 8.41. The molecule has 18 heavy (non-hydrogen) atoms. The summed E-state index contributed by atoms with van der Waals surface area (Å²) in [4.78, 5) is 12.9. The summed E-state index contributed by atoms with van der Waals surface area (Å²) >= 11 is 0. The van der Waals surface area contributed by atoms with Gasteiger partial charge in [0.2, 0.25) is 5.91 Å². The fraction of sp³-hybridized carbons (Fsp3) is 0.357. The molecular weight excluding hydrogens is 228 g/mol. The molecule has 0 radical (unpaired) electrons. The van der Waals surface area contributed by atoms with E-state index in [0.717, 1.165) is 11.4 Å². The zero-order chi connectivity index (χ0) is 13.7. The molecule has 4 heteroatoms. The van der Waals surface area contributed by atoms with Crippen LogP contribution in [0, 0.1) is 0 Å². The standard InChI is InChI=1S/C14H20N2O2/c1-10(14(15)17)9-11(2)18-13-8-6-5-7-12(13)16(3)4/h5-9,11H,1-4H3,(H2,15,17). The van der Waals surface area contributed by atoms with Crippen LogP contribution in [0.4, 0.5) is 5.69 Å². The number of amides is 1. The van der Waals surface area contributed by atoms with E-state index in [2.05, 4.69) is 0 Å². The molecule has 0 aliphatic rings. The van der Waals surface area contributed by atoms with Crippen LogP contribution in [-0.2, 0) is 4.79 Å². The summed E-state index contributed by atoms with van der Waals surface area (Å²) in [6, 6.07) is 7.75. The Morgan fingerprint density at radius 3 is 2.56 bits per heavy atom. The molecule has 0 spiro atoms. The van der Waals surface area contributed by atoms with Crippen molar-refractivity contribution in [1.29, 1.82) is 0 Å². The van der Waals surface area contributed by atoms with Crippen LogP contribution in [0.15, 0.2) is 35.9 Å². The molecule has 4 nitrogen and oxygen atoms in total. The molecule has 0 saturated carbocycles. The topological polar surface area (TPSA) is 55.6 Å². The summed E-state index contributed by atoms with van der Waals surface area (Å²) < 4.78 is 5.80. The SMILES string of the molecule is CC(=CC(C)Oc1ccccc1N(C)C)C(N)=O. The molecule has 1 rings (SSSR count). The first-order valence-corrected chi connectivity index (χ1v) is 5.83. The number of anilines is 1. The van der Waals surface area contributed by atoms with Crippen molar-refractivity contribution in [3.05, 3.63) is 35.9 Å². The number of benzene rings is 1. The number of para-hydroxylation sites is 2. The Morgan fingerprint density at radius 2 is 2.00 bits per heavy atom. The van der Waals surface area contributed by atoms with E-state index in [9.17, 15) is 4.79 Å². The molecule has 1 atom stereocenters. The molecular formula is C14H20N2O2. The predicted molar refractivity (Wildman–Crippen MR) is 73.8 cm³/mol. The normalized spacial score (nSPS) is 13.0.